The van der Waals surface area contributed by atoms with Crippen LogP contribution in [-0.2, 0) is 9.53 Å². The zero-order chi connectivity index (χ0) is 13.6. The van der Waals surface area contributed by atoms with Crippen LogP contribution in [0.25, 0.3) is 4.85 Å². The van der Waals surface area contributed by atoms with Crippen LogP contribution in [0, 0.1) is 12.5 Å². The van der Waals surface area contributed by atoms with Gasteiger partial charge >= 0.3 is 12.5 Å². The van der Waals surface area contributed by atoms with Gasteiger partial charge in [0.1, 0.15) is 0 Å². The second-order valence-corrected chi connectivity index (χ2v) is 4.86. The first-order valence-electron chi connectivity index (χ1n) is 7.23. The number of rotatable bonds is 11. The molecule has 0 radical (unpaired) electrons. The Hall–Kier alpha value is -1.04. The fourth-order valence-corrected chi connectivity index (χ4v) is 1.98. The summed E-state index contributed by atoms with van der Waals surface area (Å²) in [5.41, 5.74) is 0. The SMILES string of the molecule is [C-]#[N+]CC(=O)OCC(CCCC)CCCCCC. The van der Waals surface area contributed by atoms with Crippen molar-refractivity contribution < 1.29 is 9.53 Å². The Bertz CT molecular complexity index is 245. The number of nitrogens with zero attached hydrogens (tertiary/aromatic N) is 1. The summed E-state index contributed by atoms with van der Waals surface area (Å²) in [6.45, 7) is 11.4. The summed E-state index contributed by atoms with van der Waals surface area (Å²) < 4.78 is 5.15. The molecule has 0 saturated heterocycles. The average molecular weight is 253 g/mol. The summed E-state index contributed by atoms with van der Waals surface area (Å²) in [7, 11) is 0. The van der Waals surface area contributed by atoms with Gasteiger partial charge in [-0.05, 0) is 18.8 Å². The predicted molar refractivity (Wildman–Crippen MR) is 74.2 cm³/mol. The van der Waals surface area contributed by atoms with Gasteiger partial charge in [-0.25, -0.2) is 11.4 Å². The highest BCUT2D eigenvalue weighted by Gasteiger charge is 2.12. The van der Waals surface area contributed by atoms with Crippen LogP contribution < -0.4 is 0 Å². The number of hydrogen-bond donors (Lipinski definition) is 0. The monoisotopic (exact) mass is 253 g/mol. The lowest BCUT2D eigenvalue weighted by Crippen LogP contribution is -2.15. The summed E-state index contributed by atoms with van der Waals surface area (Å²) in [4.78, 5) is 14.2. The van der Waals surface area contributed by atoms with Crippen molar-refractivity contribution in [3.05, 3.63) is 11.4 Å². The molecule has 0 aliphatic heterocycles. The first kappa shape index (κ1) is 17.0. The van der Waals surface area contributed by atoms with E-state index in [0.717, 1.165) is 12.8 Å². The van der Waals surface area contributed by atoms with Gasteiger partial charge in [0, 0.05) is 0 Å². The van der Waals surface area contributed by atoms with Crippen molar-refractivity contribution in [2.45, 2.75) is 65.2 Å². The molecule has 0 bridgehead atoms. The Kier molecular flexibility index (Phi) is 11.7. The molecule has 18 heavy (non-hydrogen) atoms. The fourth-order valence-electron chi connectivity index (χ4n) is 1.98. The first-order valence-corrected chi connectivity index (χ1v) is 7.23. The van der Waals surface area contributed by atoms with Crippen LogP contribution in [0.1, 0.15) is 65.2 Å². The summed E-state index contributed by atoms with van der Waals surface area (Å²) >= 11 is 0. The van der Waals surface area contributed by atoms with Crippen LogP contribution in [0.5, 0.6) is 0 Å². The fraction of sp³-hybridized carbons (Fsp3) is 0.867. The third-order valence-electron chi connectivity index (χ3n) is 3.12. The molecule has 3 nitrogen and oxygen atoms in total. The van der Waals surface area contributed by atoms with Gasteiger partial charge in [0.2, 0.25) is 0 Å². The first-order chi connectivity index (χ1) is 8.74. The van der Waals surface area contributed by atoms with Crippen molar-refractivity contribution in [3.63, 3.8) is 0 Å². The summed E-state index contributed by atoms with van der Waals surface area (Å²) in [6, 6.07) is 0. The average Bonchev–Trinajstić information content (AvgIpc) is 2.37. The van der Waals surface area contributed by atoms with E-state index < -0.39 is 0 Å². The lowest BCUT2D eigenvalue weighted by atomic mass is 9.96. The minimum Gasteiger partial charge on any atom is -0.460 e. The molecule has 0 saturated carbocycles. The zero-order valence-electron chi connectivity index (χ0n) is 11.9. The van der Waals surface area contributed by atoms with E-state index in [-0.39, 0.29) is 12.5 Å². The maximum Gasteiger partial charge on any atom is 0.387 e. The van der Waals surface area contributed by atoms with E-state index in [1.54, 1.807) is 0 Å². The van der Waals surface area contributed by atoms with Crippen molar-refractivity contribution >= 4 is 5.97 Å². The van der Waals surface area contributed by atoms with Gasteiger partial charge in [-0.3, -0.25) is 0 Å². The zero-order valence-corrected chi connectivity index (χ0v) is 11.9. The molecule has 0 heterocycles. The maximum atomic E-state index is 11.2. The molecule has 1 atom stereocenters. The number of ether oxygens (including phenoxy) is 1. The van der Waals surface area contributed by atoms with Gasteiger partial charge in [-0.15, -0.1) is 0 Å². The summed E-state index contributed by atoms with van der Waals surface area (Å²) in [5.74, 6) is 0.108. The van der Waals surface area contributed by atoms with E-state index in [1.165, 1.54) is 38.5 Å². The van der Waals surface area contributed by atoms with E-state index in [0.29, 0.717) is 12.5 Å². The number of esters is 1. The smallest absolute Gasteiger partial charge is 0.387 e. The van der Waals surface area contributed by atoms with Crippen LogP contribution in [0.15, 0.2) is 0 Å². The third kappa shape index (κ3) is 10.1. The van der Waals surface area contributed by atoms with E-state index in [4.69, 9.17) is 11.3 Å². The Morgan fingerprint density at radius 1 is 1.11 bits per heavy atom. The van der Waals surface area contributed by atoms with Crippen molar-refractivity contribution in [2.75, 3.05) is 13.2 Å². The number of carbonyl (C=O) groups is 1. The van der Waals surface area contributed by atoms with E-state index in [2.05, 4.69) is 18.7 Å². The molecule has 0 aliphatic rings. The van der Waals surface area contributed by atoms with Crippen LogP contribution in [0.2, 0.25) is 0 Å². The molecule has 0 amide bonds. The van der Waals surface area contributed by atoms with Crippen LogP contribution >= 0.6 is 0 Å². The van der Waals surface area contributed by atoms with Crippen LogP contribution in [0.4, 0.5) is 0 Å². The lowest BCUT2D eigenvalue weighted by Gasteiger charge is -2.15. The Labute approximate surface area is 112 Å². The molecule has 1 unspecified atom stereocenters. The summed E-state index contributed by atoms with van der Waals surface area (Å²) in [6.07, 6.45) is 9.69. The molecule has 0 aliphatic carbocycles. The van der Waals surface area contributed by atoms with Gasteiger partial charge < -0.3 is 9.58 Å². The molecule has 3 heteroatoms. The molecular formula is C15H27NO2. The largest absolute Gasteiger partial charge is 0.460 e. The summed E-state index contributed by atoms with van der Waals surface area (Å²) in [5, 5.41) is 0. The quantitative estimate of drug-likeness (QED) is 0.313. The molecule has 0 fully saturated rings. The van der Waals surface area contributed by atoms with Crippen molar-refractivity contribution in [3.8, 4) is 0 Å². The molecule has 0 aromatic heterocycles. The third-order valence-corrected chi connectivity index (χ3v) is 3.12. The minimum absolute atomic E-state index is 0.143. The number of hydrogen-bond acceptors (Lipinski definition) is 2. The molecule has 0 rings (SSSR count). The van der Waals surface area contributed by atoms with Gasteiger partial charge in [-0.1, -0.05) is 52.4 Å². The highest BCUT2D eigenvalue weighted by Crippen LogP contribution is 2.17. The highest BCUT2D eigenvalue weighted by molar-refractivity contribution is 5.73. The molecule has 0 aromatic rings. The van der Waals surface area contributed by atoms with E-state index >= 15 is 0 Å². The Morgan fingerprint density at radius 3 is 2.39 bits per heavy atom. The van der Waals surface area contributed by atoms with E-state index in [1.807, 2.05) is 0 Å². The van der Waals surface area contributed by atoms with Gasteiger partial charge in [0.05, 0.1) is 6.61 Å². The van der Waals surface area contributed by atoms with Crippen molar-refractivity contribution in [1.82, 2.24) is 0 Å². The Balaban J connectivity index is 3.83. The molecule has 104 valence electrons. The maximum absolute atomic E-state index is 11.2. The second-order valence-electron chi connectivity index (χ2n) is 4.86. The minimum atomic E-state index is -0.375. The normalized spacial score (nSPS) is 11.8. The van der Waals surface area contributed by atoms with Gasteiger partial charge in [-0.2, -0.15) is 0 Å². The highest BCUT2D eigenvalue weighted by atomic mass is 16.5. The molecular weight excluding hydrogens is 226 g/mol. The topological polar surface area (TPSA) is 30.7 Å². The number of unbranched alkanes of at least 4 members (excludes halogenated alkanes) is 4. The standard InChI is InChI=1S/C15H27NO2/c1-4-6-8-9-11-14(10-7-5-2)13-18-15(17)12-16-3/h14H,4-13H2,1-2H3. The van der Waals surface area contributed by atoms with Gasteiger partial charge in [0.25, 0.3) is 0 Å². The molecule has 0 N–H and O–H groups in total. The molecule has 0 spiro atoms. The number of carbonyl (C=O) groups excluding carboxylic acids is 1. The van der Waals surface area contributed by atoms with Crippen molar-refractivity contribution in [1.29, 1.82) is 0 Å². The Morgan fingerprint density at radius 2 is 1.78 bits per heavy atom. The second kappa shape index (κ2) is 12.4. The van der Waals surface area contributed by atoms with E-state index in [9.17, 15) is 4.79 Å². The van der Waals surface area contributed by atoms with Crippen LogP contribution in [0.3, 0.4) is 0 Å². The van der Waals surface area contributed by atoms with Crippen LogP contribution in [-0.4, -0.2) is 19.1 Å². The predicted octanol–water partition coefficient (Wildman–Crippen LogP) is 4.23. The lowest BCUT2D eigenvalue weighted by molar-refractivity contribution is -0.142. The van der Waals surface area contributed by atoms with Gasteiger partial charge in [0.15, 0.2) is 0 Å². The van der Waals surface area contributed by atoms with Crippen molar-refractivity contribution in [2.24, 2.45) is 5.92 Å². The molecule has 0 aromatic carbocycles.